The molecule has 0 N–H and O–H groups in total. The maximum absolute atomic E-state index is 14.7. The van der Waals surface area contributed by atoms with Gasteiger partial charge in [0.25, 0.3) is 0 Å². The maximum atomic E-state index is 14.7. The van der Waals surface area contributed by atoms with Crippen LogP contribution in [0.3, 0.4) is 0 Å². The lowest BCUT2D eigenvalue weighted by Gasteiger charge is -2.46. The Balaban J connectivity index is 1.25. The molecule has 1 aromatic carbocycles. The zero-order valence-corrected chi connectivity index (χ0v) is 21.2. The van der Waals surface area contributed by atoms with Gasteiger partial charge in [-0.25, -0.2) is 24.3 Å². The van der Waals surface area contributed by atoms with Crippen molar-refractivity contribution in [2.45, 2.75) is 32.8 Å². The molecule has 2 bridgehead atoms. The number of anilines is 1. The lowest BCUT2D eigenvalue weighted by atomic mass is 9.84. The summed E-state index contributed by atoms with van der Waals surface area (Å²) in [4.78, 5) is 20.5. The van der Waals surface area contributed by atoms with Gasteiger partial charge in [0, 0.05) is 53.8 Å². The van der Waals surface area contributed by atoms with Crippen LogP contribution in [0.4, 0.5) is 10.3 Å². The number of hydrogen-bond donors (Lipinski definition) is 0. The van der Waals surface area contributed by atoms with E-state index < -0.39 is 0 Å². The Morgan fingerprint density at radius 3 is 2.58 bits per heavy atom. The Bertz CT molecular complexity index is 1360. The smallest absolute Gasteiger partial charge is 0.235 e. The molecule has 36 heavy (non-hydrogen) atoms. The Morgan fingerprint density at radius 2 is 1.86 bits per heavy atom. The van der Waals surface area contributed by atoms with E-state index in [0.29, 0.717) is 30.2 Å². The predicted octanol–water partition coefficient (Wildman–Crippen LogP) is 5.08. The van der Waals surface area contributed by atoms with E-state index in [9.17, 15) is 4.39 Å². The van der Waals surface area contributed by atoms with E-state index in [2.05, 4.69) is 31.8 Å². The summed E-state index contributed by atoms with van der Waals surface area (Å²) in [6.45, 7) is 6.78. The summed E-state index contributed by atoms with van der Waals surface area (Å²) in [7, 11) is 0. The first-order valence-electron chi connectivity index (χ1n) is 12.4. The summed E-state index contributed by atoms with van der Waals surface area (Å²) in [5.41, 5.74) is 4.07. The molecule has 2 aliphatic rings. The van der Waals surface area contributed by atoms with Crippen LogP contribution < -0.4 is 9.64 Å². The number of ether oxygens (including phenoxy) is 2. The zero-order valence-electron chi connectivity index (χ0n) is 20.4. The molecule has 4 aromatic rings. The second-order valence-electron chi connectivity index (χ2n) is 9.68. The van der Waals surface area contributed by atoms with Gasteiger partial charge in [0.15, 0.2) is 0 Å². The van der Waals surface area contributed by atoms with Crippen molar-refractivity contribution >= 4 is 27.5 Å². The molecule has 186 valence electrons. The standard InChI is InChI=1S/C27H28FN5O2S/c1-3-4-17-8-29-27(30-9-17)33-10-18-12-34-13-19(11-33)24(18)35-26-25-23(31-15-32-26)21(14-36-25)20-6-5-16(2)7-22(20)28/h5-9,14-15,18-19,24H,3-4,10-13H2,1-2H3. The monoisotopic (exact) mass is 505 g/mol. The van der Waals surface area contributed by atoms with Crippen LogP contribution in [0.5, 0.6) is 5.88 Å². The van der Waals surface area contributed by atoms with Crippen molar-refractivity contribution in [1.29, 1.82) is 0 Å². The number of piperidine rings is 1. The summed E-state index contributed by atoms with van der Waals surface area (Å²) >= 11 is 1.49. The number of aryl methyl sites for hydroxylation is 2. The Kier molecular flexibility index (Phi) is 6.27. The second kappa shape index (κ2) is 9.71. The van der Waals surface area contributed by atoms with Gasteiger partial charge in [0.05, 0.1) is 18.7 Å². The molecule has 2 aliphatic heterocycles. The van der Waals surface area contributed by atoms with Gasteiger partial charge in [-0.15, -0.1) is 11.3 Å². The van der Waals surface area contributed by atoms with E-state index >= 15 is 0 Å². The normalized spacial score (nSPS) is 21.6. The fourth-order valence-corrected chi connectivity index (χ4v) is 6.21. The fourth-order valence-electron chi connectivity index (χ4n) is 5.26. The predicted molar refractivity (Wildman–Crippen MR) is 138 cm³/mol. The van der Waals surface area contributed by atoms with Gasteiger partial charge in [-0.2, -0.15) is 0 Å². The van der Waals surface area contributed by atoms with Crippen LogP contribution in [0.15, 0.2) is 42.3 Å². The van der Waals surface area contributed by atoms with Crippen LogP contribution in [0.2, 0.25) is 0 Å². The largest absolute Gasteiger partial charge is 0.472 e. The van der Waals surface area contributed by atoms with E-state index in [1.807, 2.05) is 36.8 Å². The lowest BCUT2D eigenvalue weighted by molar-refractivity contribution is -0.0764. The Hall–Kier alpha value is -3.17. The molecule has 5 heterocycles. The van der Waals surface area contributed by atoms with Gasteiger partial charge in [0.2, 0.25) is 11.8 Å². The van der Waals surface area contributed by atoms with E-state index in [1.165, 1.54) is 17.7 Å². The highest BCUT2D eigenvalue weighted by Crippen LogP contribution is 2.40. The van der Waals surface area contributed by atoms with Crippen LogP contribution in [-0.4, -0.2) is 52.3 Å². The molecular formula is C27H28FN5O2S. The van der Waals surface area contributed by atoms with Crippen molar-refractivity contribution < 1.29 is 13.9 Å². The maximum Gasteiger partial charge on any atom is 0.235 e. The molecule has 0 saturated carbocycles. The first-order valence-corrected chi connectivity index (χ1v) is 13.3. The summed E-state index contributed by atoms with van der Waals surface area (Å²) < 4.78 is 28.0. The van der Waals surface area contributed by atoms with Crippen molar-refractivity contribution in [2.24, 2.45) is 11.8 Å². The lowest BCUT2D eigenvalue weighted by Crippen LogP contribution is -2.58. The summed E-state index contributed by atoms with van der Waals surface area (Å²) in [6, 6.07) is 5.27. The van der Waals surface area contributed by atoms with Crippen molar-refractivity contribution in [3.05, 3.63) is 59.2 Å². The van der Waals surface area contributed by atoms with Crippen molar-refractivity contribution in [3.8, 4) is 17.0 Å². The molecular weight excluding hydrogens is 477 g/mol. The molecule has 2 atom stereocenters. The van der Waals surface area contributed by atoms with E-state index in [4.69, 9.17) is 9.47 Å². The molecule has 0 radical (unpaired) electrons. The molecule has 3 aromatic heterocycles. The van der Waals surface area contributed by atoms with E-state index in [1.54, 1.807) is 6.07 Å². The quantitative estimate of drug-likeness (QED) is 0.362. The minimum atomic E-state index is -0.250. The third-order valence-electron chi connectivity index (χ3n) is 7.00. The van der Waals surface area contributed by atoms with Crippen molar-refractivity contribution in [1.82, 2.24) is 19.9 Å². The number of aromatic nitrogens is 4. The number of fused-ring (bicyclic) bond motifs is 3. The van der Waals surface area contributed by atoms with E-state index in [-0.39, 0.29) is 23.8 Å². The fraction of sp³-hybridized carbons (Fsp3) is 0.407. The minimum Gasteiger partial charge on any atom is -0.472 e. The Labute approximate surface area is 213 Å². The SMILES string of the molecule is CCCc1cnc(N2CC3COCC(C2)C3Oc2ncnc3c(-c4ccc(C)cc4F)csc23)nc1. The molecule has 0 amide bonds. The molecule has 0 spiro atoms. The van der Waals surface area contributed by atoms with Crippen LogP contribution in [0.1, 0.15) is 24.5 Å². The average molecular weight is 506 g/mol. The summed E-state index contributed by atoms with van der Waals surface area (Å²) in [6.07, 6.45) is 7.41. The van der Waals surface area contributed by atoms with Gasteiger partial charge in [-0.1, -0.05) is 25.5 Å². The van der Waals surface area contributed by atoms with Gasteiger partial charge in [-0.05, 0) is 30.5 Å². The first kappa shape index (κ1) is 23.2. The topological polar surface area (TPSA) is 73.3 Å². The number of hydrogen-bond acceptors (Lipinski definition) is 8. The van der Waals surface area contributed by atoms with Crippen molar-refractivity contribution in [2.75, 3.05) is 31.2 Å². The number of halogens is 1. The van der Waals surface area contributed by atoms with Gasteiger partial charge >= 0.3 is 0 Å². The molecule has 0 aliphatic carbocycles. The highest BCUT2D eigenvalue weighted by Gasteiger charge is 2.43. The molecule has 2 fully saturated rings. The van der Waals surface area contributed by atoms with Crippen LogP contribution in [0, 0.1) is 24.6 Å². The Morgan fingerprint density at radius 1 is 1.08 bits per heavy atom. The number of nitrogens with zero attached hydrogens (tertiary/aromatic N) is 5. The second-order valence-corrected chi connectivity index (χ2v) is 10.6. The summed E-state index contributed by atoms with van der Waals surface area (Å²) in [5, 5.41) is 1.94. The summed E-state index contributed by atoms with van der Waals surface area (Å²) in [5.74, 6) is 1.39. The number of benzene rings is 1. The average Bonchev–Trinajstić information content (AvgIpc) is 3.29. The van der Waals surface area contributed by atoms with Crippen molar-refractivity contribution in [3.63, 3.8) is 0 Å². The van der Waals surface area contributed by atoms with Gasteiger partial charge in [-0.3, -0.25) is 0 Å². The van der Waals surface area contributed by atoms with Gasteiger partial charge < -0.3 is 14.4 Å². The molecule has 9 heteroatoms. The van der Waals surface area contributed by atoms with Crippen LogP contribution >= 0.6 is 11.3 Å². The molecule has 6 rings (SSSR count). The van der Waals surface area contributed by atoms with Crippen LogP contribution in [-0.2, 0) is 11.2 Å². The first-order chi connectivity index (χ1) is 17.6. The zero-order chi connectivity index (χ0) is 24.6. The molecule has 2 unspecified atom stereocenters. The van der Waals surface area contributed by atoms with Crippen LogP contribution in [0.25, 0.3) is 21.3 Å². The molecule has 7 nitrogen and oxygen atoms in total. The molecule has 2 saturated heterocycles. The number of rotatable bonds is 6. The highest BCUT2D eigenvalue weighted by atomic mass is 32.1. The van der Waals surface area contributed by atoms with E-state index in [0.717, 1.165) is 53.3 Å². The third kappa shape index (κ3) is 4.30. The third-order valence-corrected chi connectivity index (χ3v) is 7.96. The van der Waals surface area contributed by atoms with Gasteiger partial charge in [0.1, 0.15) is 22.9 Å². The minimum absolute atomic E-state index is 0.0332. The highest BCUT2D eigenvalue weighted by molar-refractivity contribution is 7.18. The number of thiophene rings is 1.